The average molecular weight is 325 g/mol. The summed E-state index contributed by atoms with van der Waals surface area (Å²) < 4.78 is 5.44. The van der Waals surface area contributed by atoms with E-state index in [0.29, 0.717) is 0 Å². The van der Waals surface area contributed by atoms with Crippen molar-refractivity contribution in [3.63, 3.8) is 0 Å². The molecule has 0 aromatic carbocycles. The molecule has 0 unspecified atom stereocenters. The number of hydrogen-bond acceptors (Lipinski definition) is 5. The highest BCUT2D eigenvalue weighted by Crippen LogP contribution is 2.30. The van der Waals surface area contributed by atoms with E-state index < -0.39 is 5.60 Å². The van der Waals surface area contributed by atoms with Crippen LogP contribution in [-0.4, -0.2) is 41.2 Å². The summed E-state index contributed by atoms with van der Waals surface area (Å²) >= 11 is 1.62. The normalized spacial score (nSPS) is 18.3. The Balaban J connectivity index is 1.74. The van der Waals surface area contributed by atoms with Crippen LogP contribution >= 0.6 is 11.3 Å². The van der Waals surface area contributed by atoms with E-state index in [1.165, 1.54) is 0 Å². The maximum atomic E-state index is 12.1. The third-order valence-corrected chi connectivity index (χ3v) is 4.60. The predicted molar refractivity (Wildman–Crippen MR) is 89.0 cm³/mol. The third kappa shape index (κ3) is 5.25. The molecule has 0 aliphatic carbocycles. The van der Waals surface area contributed by atoms with E-state index in [1.54, 1.807) is 11.3 Å². The molecule has 0 bridgehead atoms. The van der Waals surface area contributed by atoms with Crippen molar-refractivity contribution in [2.45, 2.75) is 52.7 Å². The van der Waals surface area contributed by atoms with Crippen molar-refractivity contribution in [3.05, 3.63) is 16.6 Å². The molecule has 0 saturated carbocycles. The Labute approximate surface area is 137 Å². The number of nitrogens with zero attached hydrogens (tertiary/aromatic N) is 2. The van der Waals surface area contributed by atoms with E-state index >= 15 is 0 Å². The van der Waals surface area contributed by atoms with Gasteiger partial charge in [-0.25, -0.2) is 9.78 Å². The lowest BCUT2D eigenvalue weighted by Crippen LogP contribution is -2.47. The number of hydrogen-bond donors (Lipinski definition) is 1. The van der Waals surface area contributed by atoms with Gasteiger partial charge in [-0.15, -0.1) is 11.3 Å². The van der Waals surface area contributed by atoms with Crippen LogP contribution in [-0.2, 0) is 11.3 Å². The fourth-order valence-corrected chi connectivity index (χ4v) is 3.11. The van der Waals surface area contributed by atoms with Gasteiger partial charge in [0.05, 0.1) is 11.2 Å². The number of nitrogens with one attached hydrogen (secondary N) is 1. The van der Waals surface area contributed by atoms with Gasteiger partial charge in [0.25, 0.3) is 0 Å². The Bertz CT molecular complexity index is 474. The number of aromatic nitrogens is 1. The first kappa shape index (κ1) is 17.2. The molecule has 1 fully saturated rings. The summed E-state index contributed by atoms with van der Waals surface area (Å²) in [5, 5.41) is 5.56. The summed E-state index contributed by atoms with van der Waals surface area (Å²) in [6.07, 6.45) is 1.80. The lowest BCUT2D eigenvalue weighted by Gasteiger charge is -2.39. The number of piperidine rings is 1. The van der Waals surface area contributed by atoms with Gasteiger partial charge in [0.15, 0.2) is 0 Å². The number of rotatable bonds is 4. The van der Waals surface area contributed by atoms with Crippen molar-refractivity contribution in [2.24, 2.45) is 5.41 Å². The molecule has 1 saturated heterocycles. The van der Waals surface area contributed by atoms with Crippen LogP contribution in [0.15, 0.2) is 10.9 Å². The van der Waals surface area contributed by atoms with Crippen LogP contribution in [0, 0.1) is 5.41 Å². The van der Waals surface area contributed by atoms with Gasteiger partial charge < -0.3 is 15.0 Å². The highest BCUT2D eigenvalue weighted by molar-refractivity contribution is 7.07. The topological polar surface area (TPSA) is 54.5 Å². The minimum absolute atomic E-state index is 0.190. The Morgan fingerprint density at radius 2 is 2.14 bits per heavy atom. The van der Waals surface area contributed by atoms with Gasteiger partial charge in [0.1, 0.15) is 5.60 Å². The van der Waals surface area contributed by atoms with E-state index in [0.717, 1.165) is 44.7 Å². The van der Waals surface area contributed by atoms with Gasteiger partial charge in [0.2, 0.25) is 0 Å². The number of likely N-dealkylation sites (tertiary alicyclic amines) is 1. The molecular weight excluding hydrogens is 298 g/mol. The first-order valence-corrected chi connectivity index (χ1v) is 8.77. The molecule has 0 spiro atoms. The highest BCUT2D eigenvalue weighted by atomic mass is 32.1. The summed E-state index contributed by atoms with van der Waals surface area (Å²) in [6.45, 7) is 11.3. The monoisotopic (exact) mass is 325 g/mol. The molecule has 1 aromatic heterocycles. The van der Waals surface area contributed by atoms with Gasteiger partial charge in [-0.05, 0) is 39.0 Å². The molecule has 22 heavy (non-hydrogen) atoms. The molecule has 1 aromatic rings. The number of carbonyl (C=O) groups is 1. The second-order valence-corrected chi connectivity index (χ2v) is 8.08. The Morgan fingerprint density at radius 1 is 1.45 bits per heavy atom. The van der Waals surface area contributed by atoms with Gasteiger partial charge >= 0.3 is 6.09 Å². The van der Waals surface area contributed by atoms with Crippen molar-refractivity contribution < 1.29 is 9.53 Å². The number of ether oxygens (including phenoxy) is 1. The zero-order valence-electron chi connectivity index (χ0n) is 14.0. The quantitative estimate of drug-likeness (QED) is 0.923. The summed E-state index contributed by atoms with van der Waals surface area (Å²) in [5.41, 5.74) is 2.76. The molecule has 1 aliphatic rings. The molecule has 2 rings (SSSR count). The van der Waals surface area contributed by atoms with Crippen molar-refractivity contribution in [3.8, 4) is 0 Å². The number of thiazole rings is 1. The molecule has 1 aliphatic heterocycles. The van der Waals surface area contributed by atoms with Crippen molar-refractivity contribution in [2.75, 3.05) is 19.6 Å². The van der Waals surface area contributed by atoms with Gasteiger partial charge in [-0.1, -0.05) is 6.92 Å². The summed E-state index contributed by atoms with van der Waals surface area (Å²) in [5.74, 6) is 0. The largest absolute Gasteiger partial charge is 0.444 e. The lowest BCUT2D eigenvalue weighted by molar-refractivity contribution is 0.0119. The molecular formula is C16H27N3O2S. The zero-order valence-corrected chi connectivity index (χ0v) is 14.8. The standard InChI is InChI=1S/C16H27N3O2S/c1-15(2,3)21-14(20)19-7-5-16(4,6-8-19)11-17-9-13-10-22-12-18-13/h10,12,17H,5-9,11H2,1-4H3. The van der Waals surface area contributed by atoms with E-state index in [2.05, 4.69) is 22.6 Å². The molecule has 2 heterocycles. The Hall–Kier alpha value is -1.14. The van der Waals surface area contributed by atoms with Crippen LogP contribution in [0.2, 0.25) is 0 Å². The van der Waals surface area contributed by atoms with Gasteiger partial charge in [-0.2, -0.15) is 0 Å². The Kier molecular flexibility index (Phi) is 5.45. The fourth-order valence-electron chi connectivity index (χ4n) is 2.55. The first-order chi connectivity index (χ1) is 10.3. The second kappa shape index (κ2) is 6.96. The molecule has 1 N–H and O–H groups in total. The van der Waals surface area contributed by atoms with E-state index in [9.17, 15) is 4.79 Å². The predicted octanol–water partition coefficient (Wildman–Crippen LogP) is 3.27. The molecule has 6 heteroatoms. The van der Waals surface area contributed by atoms with Crippen molar-refractivity contribution in [1.82, 2.24) is 15.2 Å². The second-order valence-electron chi connectivity index (χ2n) is 7.36. The van der Waals surface area contributed by atoms with Crippen LogP contribution < -0.4 is 5.32 Å². The van der Waals surface area contributed by atoms with E-state index in [4.69, 9.17) is 4.74 Å². The first-order valence-electron chi connectivity index (χ1n) is 7.83. The lowest BCUT2D eigenvalue weighted by atomic mass is 9.80. The van der Waals surface area contributed by atoms with E-state index in [-0.39, 0.29) is 11.5 Å². The Morgan fingerprint density at radius 3 is 2.68 bits per heavy atom. The van der Waals surface area contributed by atoms with Gasteiger partial charge in [-0.3, -0.25) is 0 Å². The number of carbonyl (C=O) groups excluding carboxylic acids is 1. The number of amides is 1. The minimum atomic E-state index is -0.424. The average Bonchev–Trinajstić information content (AvgIpc) is 2.90. The van der Waals surface area contributed by atoms with Crippen LogP contribution in [0.5, 0.6) is 0 Å². The van der Waals surface area contributed by atoms with Gasteiger partial charge in [0, 0.05) is 31.6 Å². The third-order valence-electron chi connectivity index (χ3n) is 3.96. The van der Waals surface area contributed by atoms with E-state index in [1.807, 2.05) is 31.2 Å². The summed E-state index contributed by atoms with van der Waals surface area (Å²) in [4.78, 5) is 18.2. The summed E-state index contributed by atoms with van der Waals surface area (Å²) in [7, 11) is 0. The van der Waals surface area contributed by atoms with Crippen LogP contribution in [0.1, 0.15) is 46.2 Å². The summed E-state index contributed by atoms with van der Waals surface area (Å²) in [6, 6.07) is 0. The molecule has 124 valence electrons. The highest BCUT2D eigenvalue weighted by Gasteiger charge is 2.33. The molecule has 0 atom stereocenters. The SMILES string of the molecule is CC1(CNCc2cscn2)CCN(C(=O)OC(C)(C)C)CC1. The van der Waals surface area contributed by atoms with Crippen LogP contribution in [0.3, 0.4) is 0 Å². The fraction of sp³-hybridized carbons (Fsp3) is 0.750. The minimum Gasteiger partial charge on any atom is -0.444 e. The van der Waals surface area contributed by atoms with Crippen LogP contribution in [0.4, 0.5) is 4.79 Å². The zero-order chi connectivity index (χ0) is 16.2. The maximum absolute atomic E-state index is 12.1. The van der Waals surface area contributed by atoms with Crippen molar-refractivity contribution >= 4 is 17.4 Å². The molecule has 5 nitrogen and oxygen atoms in total. The smallest absolute Gasteiger partial charge is 0.410 e. The van der Waals surface area contributed by atoms with Crippen molar-refractivity contribution in [1.29, 1.82) is 0 Å². The molecule has 0 radical (unpaired) electrons. The maximum Gasteiger partial charge on any atom is 0.410 e. The molecule has 1 amide bonds. The van der Waals surface area contributed by atoms with Crippen LogP contribution in [0.25, 0.3) is 0 Å².